The van der Waals surface area contributed by atoms with Crippen molar-refractivity contribution in [3.05, 3.63) is 71.9 Å². The van der Waals surface area contributed by atoms with Crippen LogP contribution in [0.15, 0.2) is 60.8 Å². The first-order valence-electron chi connectivity index (χ1n) is 9.18. The van der Waals surface area contributed by atoms with Crippen LogP contribution >= 0.6 is 0 Å². The molecule has 128 valence electrons. The van der Waals surface area contributed by atoms with Crippen molar-refractivity contribution in [1.82, 2.24) is 10.3 Å². The largest absolute Gasteiger partial charge is 0.489 e. The number of rotatable bonds is 5. The number of ether oxygens (including phenoxy) is 1. The lowest BCUT2D eigenvalue weighted by molar-refractivity contribution is 0.163. The molecule has 0 bridgehead atoms. The molecule has 1 N–H and O–H groups in total. The Morgan fingerprint density at radius 2 is 1.76 bits per heavy atom. The molecule has 1 fully saturated rings. The van der Waals surface area contributed by atoms with Crippen molar-refractivity contribution in [1.29, 1.82) is 0 Å². The van der Waals surface area contributed by atoms with Gasteiger partial charge in [-0.15, -0.1) is 0 Å². The quantitative estimate of drug-likeness (QED) is 0.762. The van der Waals surface area contributed by atoms with Gasteiger partial charge in [0.05, 0.1) is 5.52 Å². The molecular formula is C22H24N2O. The average Bonchev–Trinajstić information content (AvgIpc) is 2.69. The van der Waals surface area contributed by atoms with E-state index in [0.29, 0.717) is 6.10 Å². The third kappa shape index (κ3) is 3.83. The first kappa shape index (κ1) is 16.1. The zero-order chi connectivity index (χ0) is 16.9. The summed E-state index contributed by atoms with van der Waals surface area (Å²) in [4.78, 5) is 4.50. The highest BCUT2D eigenvalue weighted by atomic mass is 16.5. The Kier molecular flexibility index (Phi) is 4.93. The molecule has 0 spiro atoms. The lowest BCUT2D eigenvalue weighted by atomic mass is 10.0. The molecule has 1 aliphatic heterocycles. The fourth-order valence-corrected chi connectivity index (χ4v) is 3.51. The standard InChI is InChI=1S/C22H24N2O/c1-2-5-17(6-3-1)8-9-18-10-11-21-20(7-4-14-24-21)22(18)25-19-12-15-23-16-13-19/h1-7,10-11,14,19,23H,8-9,12-13,15-16H2. The molecular weight excluding hydrogens is 308 g/mol. The van der Waals surface area contributed by atoms with E-state index >= 15 is 0 Å². The Balaban J connectivity index is 1.63. The smallest absolute Gasteiger partial charge is 0.132 e. The van der Waals surface area contributed by atoms with Crippen molar-refractivity contribution >= 4 is 10.9 Å². The number of fused-ring (bicyclic) bond motifs is 1. The molecule has 3 heteroatoms. The summed E-state index contributed by atoms with van der Waals surface area (Å²) in [5, 5.41) is 4.54. The summed E-state index contributed by atoms with van der Waals surface area (Å²) >= 11 is 0. The second-order valence-corrected chi connectivity index (χ2v) is 6.68. The van der Waals surface area contributed by atoms with Crippen molar-refractivity contribution in [2.24, 2.45) is 0 Å². The normalized spacial score (nSPS) is 15.4. The number of hydrogen-bond donors (Lipinski definition) is 1. The summed E-state index contributed by atoms with van der Waals surface area (Å²) < 4.78 is 6.51. The number of hydrogen-bond acceptors (Lipinski definition) is 3. The molecule has 1 aromatic heterocycles. The Morgan fingerprint density at radius 1 is 0.920 bits per heavy atom. The minimum absolute atomic E-state index is 0.294. The maximum atomic E-state index is 6.51. The molecule has 2 aromatic carbocycles. The van der Waals surface area contributed by atoms with Crippen LogP contribution in [0.5, 0.6) is 5.75 Å². The van der Waals surface area contributed by atoms with Gasteiger partial charge in [0.2, 0.25) is 0 Å². The number of nitrogens with one attached hydrogen (secondary N) is 1. The van der Waals surface area contributed by atoms with Gasteiger partial charge in [0.25, 0.3) is 0 Å². The summed E-state index contributed by atoms with van der Waals surface area (Å²) in [6.07, 6.45) is 6.27. The summed E-state index contributed by atoms with van der Waals surface area (Å²) in [5.74, 6) is 1.04. The highest BCUT2D eigenvalue weighted by Crippen LogP contribution is 2.32. The Hall–Kier alpha value is -2.39. The van der Waals surface area contributed by atoms with E-state index in [0.717, 1.165) is 55.4 Å². The van der Waals surface area contributed by atoms with Crippen LogP contribution in [0.4, 0.5) is 0 Å². The molecule has 3 aromatic rings. The lowest BCUT2D eigenvalue weighted by Crippen LogP contribution is -2.34. The minimum atomic E-state index is 0.294. The lowest BCUT2D eigenvalue weighted by Gasteiger charge is -2.26. The van der Waals surface area contributed by atoms with Crippen LogP contribution in [0.3, 0.4) is 0 Å². The van der Waals surface area contributed by atoms with Crippen molar-refractivity contribution in [3.63, 3.8) is 0 Å². The van der Waals surface area contributed by atoms with Gasteiger partial charge in [-0.25, -0.2) is 0 Å². The number of aromatic nitrogens is 1. The molecule has 1 aliphatic rings. The fourth-order valence-electron chi connectivity index (χ4n) is 3.51. The van der Waals surface area contributed by atoms with Crippen molar-refractivity contribution in [2.45, 2.75) is 31.8 Å². The van der Waals surface area contributed by atoms with Crippen LogP contribution in [0, 0.1) is 0 Å². The predicted octanol–water partition coefficient (Wildman–Crippen LogP) is 4.15. The summed E-state index contributed by atoms with van der Waals surface area (Å²) in [6.45, 7) is 2.07. The number of aryl methyl sites for hydroxylation is 2. The van der Waals surface area contributed by atoms with E-state index in [9.17, 15) is 0 Å². The summed E-state index contributed by atoms with van der Waals surface area (Å²) in [5.41, 5.74) is 3.65. The van der Waals surface area contributed by atoms with Gasteiger partial charge in [0.1, 0.15) is 11.9 Å². The van der Waals surface area contributed by atoms with Gasteiger partial charge < -0.3 is 10.1 Å². The zero-order valence-electron chi connectivity index (χ0n) is 14.4. The van der Waals surface area contributed by atoms with Crippen LogP contribution in [-0.2, 0) is 12.8 Å². The van der Waals surface area contributed by atoms with E-state index in [-0.39, 0.29) is 0 Å². The molecule has 2 heterocycles. The molecule has 0 amide bonds. The van der Waals surface area contributed by atoms with Crippen LogP contribution in [-0.4, -0.2) is 24.2 Å². The minimum Gasteiger partial charge on any atom is -0.489 e. The van der Waals surface area contributed by atoms with Gasteiger partial charge >= 0.3 is 0 Å². The number of pyridine rings is 1. The highest BCUT2D eigenvalue weighted by Gasteiger charge is 2.18. The fraction of sp³-hybridized carbons (Fsp3) is 0.318. The Bertz CT molecular complexity index is 826. The third-order valence-corrected chi connectivity index (χ3v) is 4.91. The second-order valence-electron chi connectivity index (χ2n) is 6.68. The van der Waals surface area contributed by atoms with Crippen LogP contribution in [0.1, 0.15) is 24.0 Å². The zero-order valence-corrected chi connectivity index (χ0v) is 14.4. The van der Waals surface area contributed by atoms with Crippen molar-refractivity contribution in [2.75, 3.05) is 13.1 Å². The molecule has 25 heavy (non-hydrogen) atoms. The Labute approximate surface area is 149 Å². The Morgan fingerprint density at radius 3 is 2.60 bits per heavy atom. The maximum Gasteiger partial charge on any atom is 0.132 e. The van der Waals surface area contributed by atoms with Crippen LogP contribution < -0.4 is 10.1 Å². The van der Waals surface area contributed by atoms with Crippen molar-refractivity contribution < 1.29 is 4.74 Å². The third-order valence-electron chi connectivity index (χ3n) is 4.91. The molecule has 0 saturated carbocycles. The van der Waals surface area contributed by atoms with Gasteiger partial charge in [-0.3, -0.25) is 4.98 Å². The van der Waals surface area contributed by atoms with Gasteiger partial charge in [0.15, 0.2) is 0 Å². The average molecular weight is 332 g/mol. The highest BCUT2D eigenvalue weighted by molar-refractivity contribution is 5.86. The van der Waals surface area contributed by atoms with Gasteiger partial charge in [0, 0.05) is 11.6 Å². The molecule has 0 unspecified atom stereocenters. The maximum absolute atomic E-state index is 6.51. The number of piperidine rings is 1. The molecule has 1 saturated heterocycles. The van der Waals surface area contributed by atoms with E-state index in [4.69, 9.17) is 4.74 Å². The topological polar surface area (TPSA) is 34.1 Å². The van der Waals surface area contributed by atoms with E-state index in [2.05, 4.69) is 58.8 Å². The predicted molar refractivity (Wildman–Crippen MR) is 102 cm³/mol. The van der Waals surface area contributed by atoms with E-state index in [1.54, 1.807) is 0 Å². The van der Waals surface area contributed by atoms with E-state index in [1.807, 2.05) is 12.3 Å². The molecule has 0 aliphatic carbocycles. The number of benzene rings is 2. The second kappa shape index (κ2) is 7.66. The van der Waals surface area contributed by atoms with E-state index < -0.39 is 0 Å². The summed E-state index contributed by atoms with van der Waals surface area (Å²) in [7, 11) is 0. The van der Waals surface area contributed by atoms with Crippen molar-refractivity contribution in [3.8, 4) is 5.75 Å². The monoisotopic (exact) mass is 332 g/mol. The van der Waals surface area contributed by atoms with Gasteiger partial charge in [-0.05, 0) is 68.1 Å². The number of nitrogens with zero attached hydrogens (tertiary/aromatic N) is 1. The first-order valence-corrected chi connectivity index (χ1v) is 9.18. The van der Waals surface area contributed by atoms with Crippen LogP contribution in [0.25, 0.3) is 10.9 Å². The molecule has 4 rings (SSSR count). The first-order chi connectivity index (χ1) is 12.4. The molecule has 3 nitrogen and oxygen atoms in total. The molecule has 0 radical (unpaired) electrons. The van der Waals surface area contributed by atoms with Gasteiger partial charge in [-0.1, -0.05) is 36.4 Å². The van der Waals surface area contributed by atoms with E-state index in [1.165, 1.54) is 11.1 Å². The van der Waals surface area contributed by atoms with Crippen LogP contribution in [0.2, 0.25) is 0 Å². The SMILES string of the molecule is c1ccc(CCc2ccc3ncccc3c2OC2CCNCC2)cc1. The summed E-state index contributed by atoms with van der Waals surface area (Å²) in [6, 6.07) is 19.1. The molecule has 0 atom stereocenters. The van der Waals surface area contributed by atoms with Gasteiger partial charge in [-0.2, -0.15) is 0 Å².